The maximum Gasteiger partial charge on any atom is 0.247 e. The van der Waals surface area contributed by atoms with Crippen LogP contribution < -0.4 is 10.1 Å². The molecule has 0 unspecified atom stereocenters. The van der Waals surface area contributed by atoms with Crippen LogP contribution in [0, 0.1) is 0 Å². The molecule has 8 heteroatoms. The number of rotatable bonds is 9. The number of allylic oxidation sites excluding steroid dienone is 1. The average molecular weight is 457 g/mol. The van der Waals surface area contributed by atoms with Gasteiger partial charge in [0.05, 0.1) is 24.7 Å². The van der Waals surface area contributed by atoms with Crippen LogP contribution in [0.2, 0.25) is 0 Å². The second-order valence-electron chi connectivity index (χ2n) is 8.69. The third-order valence-corrected chi connectivity index (χ3v) is 6.54. The highest BCUT2D eigenvalue weighted by molar-refractivity contribution is 5.96. The van der Waals surface area contributed by atoms with E-state index in [0.717, 1.165) is 18.4 Å². The molecule has 33 heavy (non-hydrogen) atoms. The minimum atomic E-state index is -1.02. The van der Waals surface area contributed by atoms with Gasteiger partial charge in [0, 0.05) is 37.3 Å². The van der Waals surface area contributed by atoms with Crippen molar-refractivity contribution in [2.45, 2.75) is 56.0 Å². The molecule has 5 atom stereocenters. The number of para-hydroxylation sites is 1. The van der Waals surface area contributed by atoms with Gasteiger partial charge in [-0.25, -0.2) is 0 Å². The minimum absolute atomic E-state index is 0.107. The smallest absolute Gasteiger partial charge is 0.247 e. The fraction of sp³-hybridized carbons (Fsp3) is 0.520. The summed E-state index contributed by atoms with van der Waals surface area (Å²) in [5, 5.41) is 23.3. The van der Waals surface area contributed by atoms with E-state index in [1.165, 1.54) is 0 Å². The summed E-state index contributed by atoms with van der Waals surface area (Å²) in [7, 11) is 0. The summed E-state index contributed by atoms with van der Waals surface area (Å²) in [6, 6.07) is 6.68. The highest BCUT2D eigenvalue weighted by Gasteiger charge is 2.50. The van der Waals surface area contributed by atoms with Gasteiger partial charge in [0.1, 0.15) is 18.0 Å². The van der Waals surface area contributed by atoms with Gasteiger partial charge >= 0.3 is 0 Å². The fourth-order valence-corrected chi connectivity index (χ4v) is 4.96. The molecule has 1 fully saturated rings. The Morgan fingerprint density at radius 1 is 1.30 bits per heavy atom. The normalized spacial score (nSPS) is 27.7. The van der Waals surface area contributed by atoms with Crippen molar-refractivity contribution in [3.63, 3.8) is 0 Å². The third kappa shape index (κ3) is 4.83. The van der Waals surface area contributed by atoms with Crippen LogP contribution in [0.5, 0.6) is 5.75 Å². The average Bonchev–Trinajstić information content (AvgIpc) is 3.48. The van der Waals surface area contributed by atoms with E-state index in [4.69, 9.17) is 9.47 Å². The number of nitrogens with zero attached hydrogens (tertiary/aromatic N) is 1. The molecule has 1 saturated heterocycles. The second-order valence-corrected chi connectivity index (χ2v) is 8.69. The van der Waals surface area contributed by atoms with Crippen molar-refractivity contribution in [1.29, 1.82) is 0 Å². The summed E-state index contributed by atoms with van der Waals surface area (Å²) in [6.07, 6.45) is 4.11. The number of carbonyl (C=O) groups excluding carboxylic acids is 2. The number of nitrogens with one attached hydrogen (secondary N) is 1. The molecule has 0 spiro atoms. The molecule has 1 aliphatic carbocycles. The van der Waals surface area contributed by atoms with Crippen LogP contribution in [-0.2, 0) is 14.3 Å². The summed E-state index contributed by atoms with van der Waals surface area (Å²) in [5.41, 5.74) is 1.26. The van der Waals surface area contributed by atoms with Gasteiger partial charge in [-0.2, -0.15) is 0 Å². The van der Waals surface area contributed by atoms with Crippen LogP contribution in [0.1, 0.15) is 37.2 Å². The lowest BCUT2D eigenvalue weighted by atomic mass is 9.77. The van der Waals surface area contributed by atoms with Crippen molar-refractivity contribution in [2.24, 2.45) is 0 Å². The fourth-order valence-electron chi connectivity index (χ4n) is 4.96. The van der Waals surface area contributed by atoms with Gasteiger partial charge in [0.25, 0.3) is 0 Å². The van der Waals surface area contributed by atoms with E-state index in [9.17, 15) is 19.8 Å². The third-order valence-electron chi connectivity index (χ3n) is 6.54. The van der Waals surface area contributed by atoms with Crippen LogP contribution >= 0.6 is 0 Å². The minimum Gasteiger partial charge on any atom is -0.486 e. The van der Waals surface area contributed by atoms with Gasteiger partial charge < -0.3 is 29.9 Å². The number of hydrogen-bond donors (Lipinski definition) is 3. The Morgan fingerprint density at radius 3 is 2.85 bits per heavy atom. The molecule has 0 bridgehead atoms. The highest BCUT2D eigenvalue weighted by atomic mass is 16.5. The van der Waals surface area contributed by atoms with Crippen molar-refractivity contribution in [3.05, 3.63) is 54.1 Å². The summed E-state index contributed by atoms with van der Waals surface area (Å²) >= 11 is 0. The zero-order chi connectivity index (χ0) is 23.4. The number of benzene rings is 1. The molecule has 3 aliphatic rings. The number of ether oxygens (including phenoxy) is 2. The lowest BCUT2D eigenvalue weighted by molar-refractivity contribution is -0.139. The Balaban J connectivity index is 1.70. The van der Waals surface area contributed by atoms with Crippen molar-refractivity contribution in [2.75, 3.05) is 26.3 Å². The molecule has 0 saturated carbocycles. The molecule has 0 radical (unpaired) electrons. The largest absolute Gasteiger partial charge is 0.486 e. The van der Waals surface area contributed by atoms with Crippen LogP contribution in [0.3, 0.4) is 0 Å². The van der Waals surface area contributed by atoms with E-state index in [-0.39, 0.29) is 37.5 Å². The predicted octanol–water partition coefficient (Wildman–Crippen LogP) is 1.28. The predicted molar refractivity (Wildman–Crippen MR) is 122 cm³/mol. The summed E-state index contributed by atoms with van der Waals surface area (Å²) in [5.74, 6) is -0.308. The van der Waals surface area contributed by atoms with E-state index in [0.29, 0.717) is 30.9 Å². The molecule has 0 aromatic heterocycles. The van der Waals surface area contributed by atoms with Crippen molar-refractivity contribution < 1.29 is 29.3 Å². The number of amides is 2. The zero-order valence-corrected chi connectivity index (χ0v) is 18.7. The van der Waals surface area contributed by atoms with Crippen molar-refractivity contribution in [1.82, 2.24) is 10.2 Å². The number of aliphatic hydroxyl groups is 2. The Hall–Kier alpha value is -2.68. The van der Waals surface area contributed by atoms with Gasteiger partial charge in [-0.3, -0.25) is 9.59 Å². The lowest BCUT2D eigenvalue weighted by Crippen LogP contribution is -2.57. The van der Waals surface area contributed by atoms with Gasteiger partial charge in [0.2, 0.25) is 11.8 Å². The Bertz CT molecular complexity index is 910. The van der Waals surface area contributed by atoms with E-state index >= 15 is 0 Å². The lowest BCUT2D eigenvalue weighted by Gasteiger charge is -2.41. The first kappa shape index (κ1) is 23.5. The van der Waals surface area contributed by atoms with E-state index in [2.05, 4.69) is 11.9 Å². The summed E-state index contributed by atoms with van der Waals surface area (Å²) < 4.78 is 11.9. The molecule has 2 heterocycles. The number of carbonyl (C=O) groups is 2. The molecule has 1 aromatic rings. The maximum absolute atomic E-state index is 13.2. The molecule has 3 N–H and O–H groups in total. The van der Waals surface area contributed by atoms with Crippen molar-refractivity contribution >= 4 is 11.8 Å². The van der Waals surface area contributed by atoms with Crippen LogP contribution in [0.4, 0.5) is 0 Å². The maximum atomic E-state index is 13.2. The summed E-state index contributed by atoms with van der Waals surface area (Å²) in [4.78, 5) is 27.9. The standard InChI is InChI=1S/C25H32N2O6/c1-2-3-10-21(29)27(15-16-7-6-13-32-16)19-14-18(25(31)26-11-12-28)22-17-8-4-5-9-20(17)33-24(22)23(19)30/h2,4-5,8-9,14,16,19,22-24,28,30H,1,3,6-7,10-13,15H2,(H,26,31)/t16-,19-,22+,23+,24+/m1/s1. The van der Waals surface area contributed by atoms with Gasteiger partial charge in [0.15, 0.2) is 0 Å². The first-order chi connectivity index (χ1) is 16.0. The highest BCUT2D eigenvalue weighted by Crippen LogP contribution is 2.47. The zero-order valence-electron chi connectivity index (χ0n) is 18.7. The van der Waals surface area contributed by atoms with Gasteiger partial charge in [-0.05, 0) is 31.4 Å². The topological polar surface area (TPSA) is 108 Å². The molecule has 2 amide bonds. The molecule has 178 valence electrons. The number of fused-ring (bicyclic) bond motifs is 3. The van der Waals surface area contributed by atoms with Gasteiger partial charge in [-0.1, -0.05) is 24.3 Å². The first-order valence-corrected chi connectivity index (χ1v) is 11.6. The molecule has 4 rings (SSSR count). The van der Waals surface area contributed by atoms with Crippen LogP contribution in [0.15, 0.2) is 48.6 Å². The summed E-state index contributed by atoms with van der Waals surface area (Å²) in [6.45, 7) is 4.62. The van der Waals surface area contributed by atoms with Crippen molar-refractivity contribution in [3.8, 4) is 5.75 Å². The van der Waals surface area contributed by atoms with Gasteiger partial charge in [-0.15, -0.1) is 6.58 Å². The number of aliphatic hydroxyl groups excluding tert-OH is 2. The molecule has 8 nitrogen and oxygen atoms in total. The Kier molecular flexibility index (Phi) is 7.47. The van der Waals surface area contributed by atoms with E-state index < -0.39 is 24.2 Å². The molecular weight excluding hydrogens is 424 g/mol. The monoisotopic (exact) mass is 456 g/mol. The Morgan fingerprint density at radius 2 is 2.12 bits per heavy atom. The quantitative estimate of drug-likeness (QED) is 0.483. The van der Waals surface area contributed by atoms with E-state index in [1.807, 2.05) is 24.3 Å². The second kappa shape index (κ2) is 10.5. The van der Waals surface area contributed by atoms with E-state index in [1.54, 1.807) is 17.1 Å². The Labute approximate surface area is 193 Å². The van der Waals surface area contributed by atoms with Crippen LogP contribution in [-0.4, -0.2) is 77.6 Å². The number of hydrogen-bond acceptors (Lipinski definition) is 6. The first-order valence-electron chi connectivity index (χ1n) is 11.6. The molecule has 2 aliphatic heterocycles. The molecule has 1 aromatic carbocycles. The SMILES string of the molecule is C=CCCC(=O)N(C[C@H]1CCCO1)[C@@H]1C=C(C(=O)NCCO)[C@@H]2c3ccccc3O[C@@H]2[C@H]1O. The molecular formula is C25H32N2O6. The van der Waals surface area contributed by atoms with Crippen LogP contribution in [0.25, 0.3) is 0 Å².